The van der Waals surface area contributed by atoms with Gasteiger partial charge in [-0.15, -0.1) is 0 Å². The second-order valence-electron chi connectivity index (χ2n) is 3.85. The zero-order valence-corrected chi connectivity index (χ0v) is 11.3. The van der Waals surface area contributed by atoms with Gasteiger partial charge in [-0.3, -0.25) is 4.79 Å². The van der Waals surface area contributed by atoms with Crippen LogP contribution in [0.1, 0.15) is 23.7 Å². The number of sulfonamides is 1. The van der Waals surface area contributed by atoms with Gasteiger partial charge >= 0.3 is 0 Å². The van der Waals surface area contributed by atoms with Crippen molar-refractivity contribution in [2.75, 3.05) is 20.2 Å². The van der Waals surface area contributed by atoms with Crippen LogP contribution in [-0.4, -0.2) is 43.8 Å². The largest absolute Gasteiger partial charge is 0.395 e. The predicted octanol–water partition coefficient (Wildman–Crippen LogP) is 0.892. The molecular formula is C12H17NO4S. The smallest absolute Gasteiger partial charge is 0.242 e. The van der Waals surface area contributed by atoms with Gasteiger partial charge in [0.1, 0.15) is 0 Å². The minimum atomic E-state index is -3.59. The molecule has 0 unspecified atom stereocenters. The molecule has 100 valence electrons. The molecule has 0 saturated carbocycles. The van der Waals surface area contributed by atoms with Gasteiger partial charge in [-0.1, -0.05) is 19.1 Å². The number of nitrogens with zero attached hydrogens (tertiary/aromatic N) is 1. The van der Waals surface area contributed by atoms with Crippen LogP contribution in [0.4, 0.5) is 0 Å². The molecule has 0 spiro atoms. The van der Waals surface area contributed by atoms with Crippen LogP contribution in [0.25, 0.3) is 0 Å². The van der Waals surface area contributed by atoms with Crippen LogP contribution in [0.5, 0.6) is 0 Å². The predicted molar refractivity (Wildman–Crippen MR) is 68.0 cm³/mol. The lowest BCUT2D eigenvalue weighted by Gasteiger charge is -2.15. The molecule has 18 heavy (non-hydrogen) atoms. The van der Waals surface area contributed by atoms with E-state index in [9.17, 15) is 13.2 Å². The maximum absolute atomic E-state index is 12.0. The highest BCUT2D eigenvalue weighted by atomic mass is 32.2. The number of aliphatic hydroxyl groups excluding tert-OH is 1. The van der Waals surface area contributed by atoms with Gasteiger partial charge in [0.25, 0.3) is 0 Å². The van der Waals surface area contributed by atoms with Crippen LogP contribution in [0.15, 0.2) is 29.2 Å². The molecule has 0 heterocycles. The minimum Gasteiger partial charge on any atom is -0.395 e. The Balaban J connectivity index is 3.01. The van der Waals surface area contributed by atoms with Crippen molar-refractivity contribution < 1.29 is 18.3 Å². The van der Waals surface area contributed by atoms with Gasteiger partial charge in [-0.05, 0) is 12.1 Å². The molecule has 0 amide bonds. The molecule has 6 heteroatoms. The fourth-order valence-electron chi connectivity index (χ4n) is 1.46. The first-order valence-corrected chi connectivity index (χ1v) is 7.08. The van der Waals surface area contributed by atoms with Crippen LogP contribution in [0.3, 0.4) is 0 Å². The second-order valence-corrected chi connectivity index (χ2v) is 5.90. The first kappa shape index (κ1) is 14.8. The van der Waals surface area contributed by atoms with Crippen molar-refractivity contribution in [1.82, 2.24) is 4.31 Å². The number of ketones is 1. The van der Waals surface area contributed by atoms with E-state index < -0.39 is 10.0 Å². The number of hydrogen-bond acceptors (Lipinski definition) is 4. The third-order valence-corrected chi connectivity index (χ3v) is 4.49. The van der Waals surface area contributed by atoms with Gasteiger partial charge in [0.15, 0.2) is 5.78 Å². The Morgan fingerprint density at radius 2 is 1.83 bits per heavy atom. The van der Waals surface area contributed by atoms with E-state index in [1.807, 2.05) is 0 Å². The molecule has 0 aliphatic rings. The lowest BCUT2D eigenvalue weighted by Crippen LogP contribution is -2.29. The highest BCUT2D eigenvalue weighted by molar-refractivity contribution is 7.89. The maximum atomic E-state index is 12.0. The zero-order valence-electron chi connectivity index (χ0n) is 10.5. The topological polar surface area (TPSA) is 74.7 Å². The Morgan fingerprint density at radius 1 is 1.28 bits per heavy atom. The fraction of sp³-hybridized carbons (Fsp3) is 0.417. The van der Waals surface area contributed by atoms with E-state index in [-0.39, 0.29) is 23.8 Å². The van der Waals surface area contributed by atoms with Crippen LogP contribution >= 0.6 is 0 Å². The maximum Gasteiger partial charge on any atom is 0.242 e. The highest BCUT2D eigenvalue weighted by Crippen LogP contribution is 2.15. The Bertz CT molecular complexity index is 507. The summed E-state index contributed by atoms with van der Waals surface area (Å²) in [6.07, 6.45) is 0.385. The zero-order chi connectivity index (χ0) is 13.8. The quantitative estimate of drug-likeness (QED) is 0.780. The number of rotatable bonds is 6. The SMILES string of the molecule is CCC(=O)c1ccc(S(=O)(=O)N(C)CCO)cc1. The number of aliphatic hydroxyl groups is 1. The summed E-state index contributed by atoms with van der Waals surface area (Å²) in [5.74, 6) is -0.0253. The van der Waals surface area contributed by atoms with Gasteiger partial charge in [0.05, 0.1) is 11.5 Å². The third-order valence-electron chi connectivity index (χ3n) is 2.62. The monoisotopic (exact) mass is 271 g/mol. The summed E-state index contributed by atoms with van der Waals surface area (Å²) >= 11 is 0. The van der Waals surface area contributed by atoms with Crippen LogP contribution in [-0.2, 0) is 10.0 Å². The summed E-state index contributed by atoms with van der Waals surface area (Å²) < 4.78 is 25.1. The van der Waals surface area contributed by atoms with E-state index in [1.165, 1.54) is 31.3 Å². The van der Waals surface area contributed by atoms with E-state index in [1.54, 1.807) is 6.92 Å². The van der Waals surface area contributed by atoms with E-state index in [0.29, 0.717) is 12.0 Å². The van der Waals surface area contributed by atoms with Crippen molar-refractivity contribution in [2.24, 2.45) is 0 Å². The van der Waals surface area contributed by atoms with Gasteiger partial charge in [0.2, 0.25) is 10.0 Å². The van der Waals surface area contributed by atoms with Crippen molar-refractivity contribution in [3.05, 3.63) is 29.8 Å². The van der Waals surface area contributed by atoms with Crippen molar-refractivity contribution in [1.29, 1.82) is 0 Å². The number of likely N-dealkylation sites (N-methyl/N-ethyl adjacent to an activating group) is 1. The molecule has 0 bridgehead atoms. The molecule has 0 radical (unpaired) electrons. The molecule has 0 aliphatic heterocycles. The molecule has 1 N–H and O–H groups in total. The highest BCUT2D eigenvalue weighted by Gasteiger charge is 2.20. The molecule has 0 fully saturated rings. The first-order valence-electron chi connectivity index (χ1n) is 5.64. The first-order chi connectivity index (χ1) is 8.43. The van der Waals surface area contributed by atoms with Crippen LogP contribution in [0, 0.1) is 0 Å². The molecule has 1 rings (SSSR count). The van der Waals surface area contributed by atoms with Gasteiger partial charge in [0, 0.05) is 25.6 Å². The Morgan fingerprint density at radius 3 is 2.28 bits per heavy atom. The fourth-order valence-corrected chi connectivity index (χ4v) is 2.62. The van der Waals surface area contributed by atoms with Gasteiger partial charge < -0.3 is 5.11 Å². The van der Waals surface area contributed by atoms with Crippen molar-refractivity contribution >= 4 is 15.8 Å². The summed E-state index contributed by atoms with van der Waals surface area (Å²) in [6, 6.07) is 5.83. The molecular weight excluding hydrogens is 254 g/mol. The van der Waals surface area contributed by atoms with Gasteiger partial charge in [-0.2, -0.15) is 4.31 Å². The summed E-state index contributed by atoms with van der Waals surface area (Å²) in [4.78, 5) is 11.5. The van der Waals surface area contributed by atoms with Crippen molar-refractivity contribution in [3.8, 4) is 0 Å². The molecule has 0 saturated heterocycles. The Kier molecular flexibility index (Phi) is 5.01. The summed E-state index contributed by atoms with van der Waals surface area (Å²) in [6.45, 7) is 1.56. The number of carbonyl (C=O) groups is 1. The van der Waals surface area contributed by atoms with E-state index in [2.05, 4.69) is 0 Å². The lowest BCUT2D eigenvalue weighted by atomic mass is 10.1. The average molecular weight is 271 g/mol. The summed E-state index contributed by atoms with van der Waals surface area (Å²) in [5.41, 5.74) is 0.501. The van der Waals surface area contributed by atoms with Crippen molar-refractivity contribution in [3.63, 3.8) is 0 Å². The molecule has 0 aromatic heterocycles. The van der Waals surface area contributed by atoms with Gasteiger partial charge in [-0.25, -0.2) is 8.42 Å². The van der Waals surface area contributed by atoms with E-state index in [0.717, 1.165) is 4.31 Å². The number of benzene rings is 1. The number of carbonyl (C=O) groups excluding carboxylic acids is 1. The normalized spacial score (nSPS) is 11.8. The molecule has 1 aromatic carbocycles. The standard InChI is InChI=1S/C12H17NO4S/c1-3-12(15)10-4-6-11(7-5-10)18(16,17)13(2)8-9-14/h4-7,14H,3,8-9H2,1-2H3. The summed E-state index contributed by atoms with van der Waals surface area (Å²) in [7, 11) is -2.19. The average Bonchev–Trinajstić information content (AvgIpc) is 2.38. The molecule has 1 aromatic rings. The van der Waals surface area contributed by atoms with E-state index in [4.69, 9.17) is 5.11 Å². The molecule has 5 nitrogen and oxygen atoms in total. The van der Waals surface area contributed by atoms with E-state index >= 15 is 0 Å². The number of Topliss-reactive ketones (excluding diaryl/α,β-unsaturated/α-hetero) is 1. The third kappa shape index (κ3) is 3.16. The molecule has 0 atom stereocenters. The molecule has 0 aliphatic carbocycles. The lowest BCUT2D eigenvalue weighted by molar-refractivity contribution is 0.0988. The van der Waals surface area contributed by atoms with Crippen molar-refractivity contribution in [2.45, 2.75) is 18.2 Å². The van der Waals surface area contributed by atoms with Crippen LogP contribution in [0.2, 0.25) is 0 Å². The Hall–Kier alpha value is -1.24. The number of hydrogen-bond donors (Lipinski definition) is 1. The minimum absolute atomic E-state index is 0.0253. The van der Waals surface area contributed by atoms with Crippen LogP contribution < -0.4 is 0 Å². The summed E-state index contributed by atoms with van der Waals surface area (Å²) in [5, 5.41) is 8.74. The second kappa shape index (κ2) is 6.08. The Labute approximate surface area is 107 Å².